The topological polar surface area (TPSA) is 15.3 Å². The Labute approximate surface area is 85.8 Å². The van der Waals surface area contributed by atoms with E-state index >= 15 is 0 Å². The molecule has 76 valence electrons. The van der Waals surface area contributed by atoms with Crippen LogP contribution in [0.4, 0.5) is 0 Å². The highest BCUT2D eigenvalue weighted by atomic mass is 32.2. The van der Waals surface area contributed by atoms with Crippen molar-refractivity contribution < 1.29 is 0 Å². The third-order valence-electron chi connectivity index (χ3n) is 2.21. The Morgan fingerprint density at radius 1 is 1.38 bits per heavy atom. The minimum atomic E-state index is 0.933. The van der Waals surface area contributed by atoms with E-state index < -0.39 is 0 Å². The first-order chi connectivity index (χ1) is 6.43. The molecule has 1 heterocycles. The van der Waals surface area contributed by atoms with Gasteiger partial charge in [-0.05, 0) is 18.7 Å². The summed E-state index contributed by atoms with van der Waals surface area (Å²) >= 11 is 2.08. The fourth-order valence-electron chi connectivity index (χ4n) is 1.46. The summed E-state index contributed by atoms with van der Waals surface area (Å²) in [6.07, 6.45) is 3.27. The molecule has 0 aromatic rings. The minimum Gasteiger partial charge on any atom is -0.312 e. The summed E-state index contributed by atoms with van der Waals surface area (Å²) in [4.78, 5) is 2.55. The Morgan fingerprint density at radius 3 is 3.15 bits per heavy atom. The second kappa shape index (κ2) is 7.42. The van der Waals surface area contributed by atoms with Crippen molar-refractivity contribution in [1.29, 1.82) is 0 Å². The maximum atomic E-state index is 3.68. The molecule has 1 saturated heterocycles. The monoisotopic (exact) mass is 200 g/mol. The highest BCUT2D eigenvalue weighted by Crippen LogP contribution is 2.08. The van der Waals surface area contributed by atoms with Gasteiger partial charge in [0.25, 0.3) is 0 Å². The molecular weight excluding hydrogens is 180 g/mol. The van der Waals surface area contributed by atoms with Crippen LogP contribution in [-0.4, -0.2) is 49.1 Å². The number of nitrogens with zero attached hydrogens (tertiary/aromatic N) is 1. The van der Waals surface area contributed by atoms with Crippen molar-refractivity contribution in [3.8, 4) is 0 Å². The van der Waals surface area contributed by atoms with Crippen molar-refractivity contribution in [2.24, 2.45) is 0 Å². The SMILES string of the molecule is C=CCNCCN1CCCSCC1. The summed E-state index contributed by atoms with van der Waals surface area (Å²) in [5.41, 5.74) is 0. The number of thioether (sulfide) groups is 1. The van der Waals surface area contributed by atoms with Gasteiger partial charge < -0.3 is 10.2 Å². The second-order valence-electron chi connectivity index (χ2n) is 3.30. The Bertz CT molecular complexity index is 131. The molecule has 3 heteroatoms. The van der Waals surface area contributed by atoms with E-state index in [9.17, 15) is 0 Å². The zero-order chi connectivity index (χ0) is 9.36. The van der Waals surface area contributed by atoms with E-state index in [-0.39, 0.29) is 0 Å². The summed E-state index contributed by atoms with van der Waals surface area (Å²) in [6, 6.07) is 0. The van der Waals surface area contributed by atoms with E-state index in [1.165, 1.54) is 37.6 Å². The standard InChI is InChI=1S/C10H20N2S/c1-2-4-11-5-7-12-6-3-9-13-10-8-12/h2,11H,1,3-10H2. The maximum Gasteiger partial charge on any atom is 0.0132 e. The molecule has 0 atom stereocenters. The van der Waals surface area contributed by atoms with Gasteiger partial charge in [0.2, 0.25) is 0 Å². The molecular formula is C10H20N2S. The normalized spacial score (nSPS) is 19.7. The van der Waals surface area contributed by atoms with Crippen LogP contribution in [0.5, 0.6) is 0 Å². The molecule has 1 N–H and O–H groups in total. The van der Waals surface area contributed by atoms with Gasteiger partial charge in [0.15, 0.2) is 0 Å². The zero-order valence-electron chi connectivity index (χ0n) is 8.30. The summed E-state index contributed by atoms with van der Waals surface area (Å²) in [5.74, 6) is 2.65. The Hall–Kier alpha value is 0.0100. The molecule has 2 nitrogen and oxygen atoms in total. The summed E-state index contributed by atoms with van der Waals surface area (Å²) in [7, 11) is 0. The molecule has 1 aliphatic rings. The van der Waals surface area contributed by atoms with Crippen molar-refractivity contribution in [1.82, 2.24) is 10.2 Å². The highest BCUT2D eigenvalue weighted by molar-refractivity contribution is 7.99. The number of hydrogen-bond donors (Lipinski definition) is 1. The number of nitrogens with one attached hydrogen (secondary N) is 1. The van der Waals surface area contributed by atoms with Crippen LogP contribution in [-0.2, 0) is 0 Å². The lowest BCUT2D eigenvalue weighted by Crippen LogP contribution is -2.33. The first kappa shape index (κ1) is 11.1. The van der Waals surface area contributed by atoms with E-state index in [0.29, 0.717) is 0 Å². The van der Waals surface area contributed by atoms with Crippen molar-refractivity contribution in [2.45, 2.75) is 6.42 Å². The van der Waals surface area contributed by atoms with Crippen LogP contribution in [0.3, 0.4) is 0 Å². The molecule has 0 amide bonds. The van der Waals surface area contributed by atoms with Crippen LogP contribution in [0, 0.1) is 0 Å². The van der Waals surface area contributed by atoms with E-state index in [1.54, 1.807) is 0 Å². The first-order valence-electron chi connectivity index (χ1n) is 5.05. The minimum absolute atomic E-state index is 0.933. The van der Waals surface area contributed by atoms with E-state index in [2.05, 4.69) is 28.6 Å². The van der Waals surface area contributed by atoms with Gasteiger partial charge in [-0.1, -0.05) is 6.08 Å². The van der Waals surface area contributed by atoms with Gasteiger partial charge in [0.1, 0.15) is 0 Å². The Kier molecular flexibility index (Phi) is 6.33. The van der Waals surface area contributed by atoms with Gasteiger partial charge in [-0.15, -0.1) is 6.58 Å². The van der Waals surface area contributed by atoms with Crippen LogP contribution in [0.2, 0.25) is 0 Å². The predicted molar refractivity (Wildman–Crippen MR) is 61.4 cm³/mol. The lowest BCUT2D eigenvalue weighted by molar-refractivity contribution is 0.296. The molecule has 0 radical (unpaired) electrons. The Morgan fingerprint density at radius 2 is 2.31 bits per heavy atom. The van der Waals surface area contributed by atoms with Gasteiger partial charge in [-0.25, -0.2) is 0 Å². The highest BCUT2D eigenvalue weighted by Gasteiger charge is 2.07. The van der Waals surface area contributed by atoms with Gasteiger partial charge in [0.05, 0.1) is 0 Å². The molecule has 0 aromatic carbocycles. The predicted octanol–water partition coefficient (Wildman–Crippen LogP) is 1.20. The lowest BCUT2D eigenvalue weighted by atomic mass is 10.4. The van der Waals surface area contributed by atoms with Crippen LogP contribution >= 0.6 is 11.8 Å². The van der Waals surface area contributed by atoms with Gasteiger partial charge in [-0.3, -0.25) is 0 Å². The lowest BCUT2D eigenvalue weighted by Gasteiger charge is -2.19. The van der Waals surface area contributed by atoms with Crippen LogP contribution in [0.15, 0.2) is 12.7 Å². The van der Waals surface area contributed by atoms with Crippen molar-refractivity contribution in [3.63, 3.8) is 0 Å². The summed E-state index contributed by atoms with van der Waals surface area (Å²) < 4.78 is 0. The van der Waals surface area contributed by atoms with Gasteiger partial charge in [0, 0.05) is 31.9 Å². The average molecular weight is 200 g/mol. The molecule has 1 aliphatic heterocycles. The van der Waals surface area contributed by atoms with E-state index in [0.717, 1.165) is 13.1 Å². The molecule has 0 aromatic heterocycles. The molecule has 0 spiro atoms. The molecule has 0 saturated carbocycles. The van der Waals surface area contributed by atoms with Gasteiger partial charge >= 0.3 is 0 Å². The van der Waals surface area contributed by atoms with Crippen molar-refractivity contribution in [3.05, 3.63) is 12.7 Å². The van der Waals surface area contributed by atoms with Gasteiger partial charge in [-0.2, -0.15) is 11.8 Å². The van der Waals surface area contributed by atoms with Crippen molar-refractivity contribution >= 4 is 11.8 Å². The third kappa shape index (κ3) is 5.34. The molecule has 0 aliphatic carbocycles. The maximum absolute atomic E-state index is 3.68. The summed E-state index contributed by atoms with van der Waals surface area (Å²) in [6.45, 7) is 9.44. The third-order valence-corrected chi connectivity index (χ3v) is 3.26. The molecule has 13 heavy (non-hydrogen) atoms. The average Bonchev–Trinajstić information content (AvgIpc) is 2.41. The van der Waals surface area contributed by atoms with E-state index in [4.69, 9.17) is 0 Å². The Balaban J connectivity index is 2.01. The fourth-order valence-corrected chi connectivity index (χ4v) is 2.39. The van der Waals surface area contributed by atoms with Crippen molar-refractivity contribution in [2.75, 3.05) is 44.2 Å². The quantitative estimate of drug-likeness (QED) is 0.530. The number of hydrogen-bond acceptors (Lipinski definition) is 3. The van der Waals surface area contributed by atoms with E-state index in [1.807, 2.05) is 6.08 Å². The molecule has 1 fully saturated rings. The second-order valence-corrected chi connectivity index (χ2v) is 4.53. The summed E-state index contributed by atoms with van der Waals surface area (Å²) in [5, 5.41) is 3.34. The molecule has 0 unspecified atom stereocenters. The largest absolute Gasteiger partial charge is 0.312 e. The molecule has 1 rings (SSSR count). The molecule has 0 bridgehead atoms. The zero-order valence-corrected chi connectivity index (χ0v) is 9.11. The van der Waals surface area contributed by atoms with Crippen LogP contribution in [0.1, 0.15) is 6.42 Å². The first-order valence-corrected chi connectivity index (χ1v) is 6.20. The number of rotatable bonds is 5. The van der Waals surface area contributed by atoms with Crippen LogP contribution < -0.4 is 5.32 Å². The smallest absolute Gasteiger partial charge is 0.0132 e. The fraction of sp³-hybridized carbons (Fsp3) is 0.800. The van der Waals surface area contributed by atoms with Crippen LogP contribution in [0.25, 0.3) is 0 Å².